The van der Waals surface area contributed by atoms with Gasteiger partial charge in [-0.05, 0) is 18.2 Å². The predicted octanol–water partition coefficient (Wildman–Crippen LogP) is 3.72. The van der Waals surface area contributed by atoms with Crippen LogP contribution in [0.1, 0.15) is 16.1 Å². The molecule has 0 unspecified atom stereocenters. The molecular formula is C13H8BrFN2OS. The second-order valence-corrected chi connectivity index (χ2v) is 5.78. The molecule has 3 aromatic rings. The number of nitrogens with zero attached hydrogens (tertiary/aromatic N) is 2. The Labute approximate surface area is 120 Å². The zero-order valence-corrected chi connectivity index (χ0v) is 12.0. The molecule has 0 amide bonds. The molecule has 3 rings (SSSR count). The number of aromatic nitrogens is 2. The molecule has 0 aliphatic heterocycles. The zero-order chi connectivity index (χ0) is 13.4. The highest BCUT2D eigenvalue weighted by Gasteiger charge is 2.14. The fraction of sp³-hybridized carbons (Fsp3) is 0.0769. The SMILES string of the molecule is O=C(Cc1cn2ccsc2n1)c1cc(F)ccc1Br. The van der Waals surface area contributed by atoms with Crippen molar-refractivity contribution in [3.05, 3.63) is 57.5 Å². The Balaban J connectivity index is 1.88. The van der Waals surface area contributed by atoms with Crippen LogP contribution in [-0.4, -0.2) is 15.2 Å². The van der Waals surface area contributed by atoms with Crippen molar-refractivity contribution in [2.45, 2.75) is 6.42 Å². The van der Waals surface area contributed by atoms with Crippen molar-refractivity contribution in [2.75, 3.05) is 0 Å². The predicted molar refractivity (Wildman–Crippen MR) is 75.2 cm³/mol. The summed E-state index contributed by atoms with van der Waals surface area (Å²) in [7, 11) is 0. The van der Waals surface area contributed by atoms with Gasteiger partial charge in [0.1, 0.15) is 5.82 Å². The average Bonchev–Trinajstić information content (AvgIpc) is 2.92. The number of hydrogen-bond acceptors (Lipinski definition) is 3. The quantitative estimate of drug-likeness (QED) is 0.682. The largest absolute Gasteiger partial charge is 0.297 e. The average molecular weight is 339 g/mol. The summed E-state index contributed by atoms with van der Waals surface area (Å²) in [6.07, 6.45) is 3.87. The van der Waals surface area contributed by atoms with E-state index in [1.165, 1.54) is 29.5 Å². The Hall–Kier alpha value is -1.53. The minimum Gasteiger partial charge on any atom is -0.297 e. The summed E-state index contributed by atoms with van der Waals surface area (Å²) in [5, 5.41) is 1.93. The lowest BCUT2D eigenvalue weighted by Gasteiger charge is -2.02. The van der Waals surface area contributed by atoms with Gasteiger partial charge in [0.25, 0.3) is 0 Å². The number of thiazole rings is 1. The van der Waals surface area contributed by atoms with Crippen LogP contribution in [0.3, 0.4) is 0 Å². The molecule has 0 saturated carbocycles. The van der Waals surface area contributed by atoms with Crippen LogP contribution in [0.15, 0.2) is 40.4 Å². The van der Waals surface area contributed by atoms with Crippen LogP contribution in [0.2, 0.25) is 0 Å². The van der Waals surface area contributed by atoms with Crippen molar-refractivity contribution < 1.29 is 9.18 Å². The van der Waals surface area contributed by atoms with E-state index in [1.807, 2.05) is 22.2 Å². The van der Waals surface area contributed by atoms with Crippen LogP contribution in [0, 0.1) is 5.82 Å². The number of Topliss-reactive ketones (excluding diaryl/α,β-unsaturated/α-hetero) is 1. The number of carbonyl (C=O) groups is 1. The molecule has 0 fully saturated rings. The summed E-state index contributed by atoms with van der Waals surface area (Å²) >= 11 is 4.77. The topological polar surface area (TPSA) is 34.4 Å². The second kappa shape index (κ2) is 4.86. The smallest absolute Gasteiger partial charge is 0.193 e. The third kappa shape index (κ3) is 2.46. The lowest BCUT2D eigenvalue weighted by atomic mass is 10.1. The molecule has 96 valence electrons. The molecular weight excluding hydrogens is 331 g/mol. The van der Waals surface area contributed by atoms with Gasteiger partial charge >= 0.3 is 0 Å². The molecule has 6 heteroatoms. The Bertz CT molecular complexity index is 736. The normalized spacial score (nSPS) is 11.1. The summed E-state index contributed by atoms with van der Waals surface area (Å²) in [6, 6.07) is 4.09. The second-order valence-electron chi connectivity index (χ2n) is 4.05. The van der Waals surface area contributed by atoms with E-state index in [2.05, 4.69) is 20.9 Å². The van der Waals surface area contributed by atoms with E-state index < -0.39 is 5.82 Å². The number of benzene rings is 1. The molecule has 0 aliphatic carbocycles. The lowest BCUT2D eigenvalue weighted by Crippen LogP contribution is -2.05. The first-order chi connectivity index (χ1) is 9.13. The van der Waals surface area contributed by atoms with E-state index in [4.69, 9.17) is 0 Å². The van der Waals surface area contributed by atoms with Crippen molar-refractivity contribution in [3.8, 4) is 0 Å². The summed E-state index contributed by atoms with van der Waals surface area (Å²) in [5.41, 5.74) is 1.03. The highest BCUT2D eigenvalue weighted by atomic mass is 79.9. The third-order valence-corrected chi connectivity index (χ3v) is 4.18. The van der Waals surface area contributed by atoms with Gasteiger partial charge in [-0.25, -0.2) is 9.37 Å². The van der Waals surface area contributed by atoms with Crippen LogP contribution in [0.25, 0.3) is 4.96 Å². The van der Waals surface area contributed by atoms with Crippen molar-refractivity contribution in [3.63, 3.8) is 0 Å². The van der Waals surface area contributed by atoms with Crippen LogP contribution in [0.4, 0.5) is 4.39 Å². The summed E-state index contributed by atoms with van der Waals surface area (Å²) in [4.78, 5) is 17.3. The lowest BCUT2D eigenvalue weighted by molar-refractivity contribution is 0.0991. The fourth-order valence-corrected chi connectivity index (χ4v) is 3.02. The molecule has 19 heavy (non-hydrogen) atoms. The van der Waals surface area contributed by atoms with Gasteiger partial charge in [-0.15, -0.1) is 11.3 Å². The third-order valence-electron chi connectivity index (χ3n) is 2.71. The standard InChI is InChI=1S/C13H8BrFN2OS/c14-11-2-1-8(15)5-10(11)12(18)6-9-7-17-3-4-19-13(17)16-9/h1-5,7H,6H2. The highest BCUT2D eigenvalue weighted by Crippen LogP contribution is 2.20. The van der Waals surface area contributed by atoms with E-state index in [0.29, 0.717) is 15.7 Å². The summed E-state index contributed by atoms with van der Waals surface area (Å²) in [5.74, 6) is -0.575. The van der Waals surface area contributed by atoms with Crippen molar-refractivity contribution in [1.29, 1.82) is 0 Å². The Morgan fingerprint density at radius 2 is 2.32 bits per heavy atom. The van der Waals surface area contributed by atoms with Gasteiger partial charge in [-0.1, -0.05) is 15.9 Å². The maximum Gasteiger partial charge on any atom is 0.193 e. The zero-order valence-electron chi connectivity index (χ0n) is 9.64. The number of halogens is 2. The maximum atomic E-state index is 13.2. The van der Waals surface area contributed by atoms with Gasteiger partial charge in [-0.3, -0.25) is 9.20 Å². The first kappa shape index (κ1) is 12.5. The van der Waals surface area contributed by atoms with E-state index >= 15 is 0 Å². The van der Waals surface area contributed by atoms with Gasteiger partial charge in [0, 0.05) is 27.8 Å². The Morgan fingerprint density at radius 1 is 1.47 bits per heavy atom. The molecule has 1 aromatic carbocycles. The molecule has 0 bridgehead atoms. The molecule has 0 atom stereocenters. The number of fused-ring (bicyclic) bond motifs is 1. The van der Waals surface area contributed by atoms with E-state index in [1.54, 1.807) is 0 Å². The first-order valence-electron chi connectivity index (χ1n) is 5.53. The van der Waals surface area contributed by atoms with Crippen molar-refractivity contribution >= 4 is 38.0 Å². The first-order valence-corrected chi connectivity index (χ1v) is 7.20. The summed E-state index contributed by atoms with van der Waals surface area (Å²) < 4.78 is 15.6. The van der Waals surface area contributed by atoms with Gasteiger partial charge in [0.15, 0.2) is 10.7 Å². The minimum atomic E-state index is -0.419. The number of hydrogen-bond donors (Lipinski definition) is 0. The van der Waals surface area contributed by atoms with Crippen LogP contribution in [0.5, 0.6) is 0 Å². The van der Waals surface area contributed by atoms with Gasteiger partial charge in [0.05, 0.1) is 12.1 Å². The molecule has 3 nitrogen and oxygen atoms in total. The van der Waals surface area contributed by atoms with Crippen LogP contribution in [-0.2, 0) is 6.42 Å². The van der Waals surface area contributed by atoms with Crippen LogP contribution >= 0.6 is 27.3 Å². The molecule has 0 N–H and O–H groups in total. The van der Waals surface area contributed by atoms with Gasteiger partial charge in [-0.2, -0.15) is 0 Å². The van der Waals surface area contributed by atoms with Crippen molar-refractivity contribution in [1.82, 2.24) is 9.38 Å². The maximum absolute atomic E-state index is 13.2. The molecule has 0 saturated heterocycles. The molecule has 2 aromatic heterocycles. The van der Waals surface area contributed by atoms with E-state index in [0.717, 1.165) is 4.96 Å². The van der Waals surface area contributed by atoms with Crippen LogP contribution < -0.4 is 0 Å². The molecule has 0 radical (unpaired) electrons. The molecule has 0 aliphatic rings. The Kier molecular flexibility index (Phi) is 3.20. The van der Waals surface area contributed by atoms with Gasteiger partial charge < -0.3 is 0 Å². The Morgan fingerprint density at radius 3 is 3.11 bits per heavy atom. The highest BCUT2D eigenvalue weighted by molar-refractivity contribution is 9.10. The van der Waals surface area contributed by atoms with E-state index in [-0.39, 0.29) is 12.2 Å². The number of carbonyl (C=O) groups excluding carboxylic acids is 1. The van der Waals surface area contributed by atoms with Gasteiger partial charge in [0.2, 0.25) is 0 Å². The number of ketones is 1. The molecule has 0 spiro atoms. The van der Waals surface area contributed by atoms with Crippen molar-refractivity contribution in [2.24, 2.45) is 0 Å². The number of rotatable bonds is 3. The van der Waals surface area contributed by atoms with E-state index in [9.17, 15) is 9.18 Å². The minimum absolute atomic E-state index is 0.155. The fourth-order valence-electron chi connectivity index (χ4n) is 1.83. The molecule has 2 heterocycles. The number of imidazole rings is 1. The summed E-state index contributed by atoms with van der Waals surface area (Å²) in [6.45, 7) is 0. The monoisotopic (exact) mass is 338 g/mol.